The minimum Gasteiger partial charge on any atom is -0.497 e. The number of nitrogens with zero attached hydrogens (tertiary/aromatic N) is 3. The number of hydrogen-bond donors (Lipinski definition) is 2. The lowest BCUT2D eigenvalue weighted by Crippen LogP contribution is -2.47. The summed E-state index contributed by atoms with van der Waals surface area (Å²) >= 11 is 0. The maximum absolute atomic E-state index is 5.75. The molecule has 0 saturated carbocycles. The van der Waals surface area contributed by atoms with Gasteiger partial charge in [-0.05, 0) is 48.6 Å². The zero-order valence-electron chi connectivity index (χ0n) is 15.9. The molecule has 1 unspecified atom stereocenters. The number of aryl methyl sites for hydroxylation is 1. The molecule has 2 aliphatic rings. The van der Waals surface area contributed by atoms with Crippen LogP contribution in [0.25, 0.3) is 0 Å². The van der Waals surface area contributed by atoms with Crippen molar-refractivity contribution in [2.24, 2.45) is 0 Å². The fraction of sp³-hybridized carbons (Fsp3) is 0.500. The van der Waals surface area contributed by atoms with Gasteiger partial charge in [0.2, 0.25) is 5.95 Å². The Morgan fingerprint density at radius 1 is 1.19 bits per heavy atom. The lowest BCUT2D eigenvalue weighted by molar-refractivity contribution is 0.0923. The van der Waals surface area contributed by atoms with Crippen molar-refractivity contribution < 1.29 is 9.47 Å². The molecule has 0 radical (unpaired) electrons. The molecule has 1 aliphatic heterocycles. The van der Waals surface area contributed by atoms with Crippen LogP contribution in [0.2, 0.25) is 0 Å². The van der Waals surface area contributed by atoms with Crippen molar-refractivity contribution >= 4 is 11.8 Å². The van der Waals surface area contributed by atoms with Gasteiger partial charge in [0.1, 0.15) is 11.6 Å². The molecule has 1 fully saturated rings. The number of methoxy groups -OCH3 is 2. The van der Waals surface area contributed by atoms with Gasteiger partial charge in [-0.25, -0.2) is 4.98 Å². The fourth-order valence-corrected chi connectivity index (χ4v) is 4.21. The van der Waals surface area contributed by atoms with Crippen molar-refractivity contribution in [1.82, 2.24) is 15.3 Å². The van der Waals surface area contributed by atoms with Gasteiger partial charge in [-0.3, -0.25) is 0 Å². The molecule has 7 heteroatoms. The zero-order chi connectivity index (χ0) is 18.8. The molecule has 1 aliphatic carbocycles. The second-order valence-electron chi connectivity index (χ2n) is 7.30. The minimum atomic E-state index is 0.118. The maximum Gasteiger partial charge on any atom is 0.221 e. The van der Waals surface area contributed by atoms with Gasteiger partial charge >= 0.3 is 0 Å². The topological polar surface area (TPSA) is 85.5 Å². The predicted octanol–water partition coefficient (Wildman–Crippen LogP) is 1.42. The first-order valence-corrected chi connectivity index (χ1v) is 9.44. The van der Waals surface area contributed by atoms with Crippen molar-refractivity contribution in [2.45, 2.75) is 37.5 Å². The van der Waals surface area contributed by atoms with E-state index in [1.807, 2.05) is 6.07 Å². The summed E-state index contributed by atoms with van der Waals surface area (Å²) in [7, 11) is 3.49. The Morgan fingerprint density at radius 3 is 2.85 bits per heavy atom. The molecule has 0 bridgehead atoms. The Hall–Kier alpha value is -2.38. The number of anilines is 2. The highest BCUT2D eigenvalue weighted by Gasteiger charge is 2.35. The lowest BCUT2D eigenvalue weighted by atomic mass is 9.87. The summed E-state index contributed by atoms with van der Waals surface area (Å²) in [5.41, 5.74) is 8.55. The standard InChI is InChI=1S/C20H27N5O2/c1-26-16-6-4-13-3-5-15(9-14(13)10-16)23-17-11-25(12-18(17)27-2)19-7-8-22-20(21)24-19/h4,6-8,10,15,17-18,23H,3,5,9,11-12H2,1-2H3,(H2,21,22,24)/t15?,17-,18+/m0/s1. The normalized spacial score (nSPS) is 24.7. The Morgan fingerprint density at radius 2 is 2.07 bits per heavy atom. The summed E-state index contributed by atoms with van der Waals surface area (Å²) < 4.78 is 11.1. The van der Waals surface area contributed by atoms with Crippen molar-refractivity contribution in [3.05, 3.63) is 41.6 Å². The SMILES string of the molecule is COc1ccc2c(c1)CC(N[C@H]1CN(c3ccnc(N)n3)C[C@H]1OC)CC2. The molecule has 2 aromatic rings. The number of benzene rings is 1. The van der Waals surface area contributed by atoms with E-state index in [9.17, 15) is 0 Å². The van der Waals surface area contributed by atoms with Crippen molar-refractivity contribution in [1.29, 1.82) is 0 Å². The maximum atomic E-state index is 5.75. The van der Waals surface area contributed by atoms with Crippen LogP contribution in [0, 0.1) is 0 Å². The Kier molecular flexibility index (Phi) is 5.13. The number of aromatic nitrogens is 2. The van der Waals surface area contributed by atoms with E-state index < -0.39 is 0 Å². The lowest BCUT2D eigenvalue weighted by Gasteiger charge is -2.30. The van der Waals surface area contributed by atoms with E-state index in [2.05, 4.69) is 38.4 Å². The molecule has 4 rings (SSSR count). The highest BCUT2D eigenvalue weighted by atomic mass is 16.5. The van der Waals surface area contributed by atoms with Gasteiger partial charge in [0, 0.05) is 32.4 Å². The van der Waals surface area contributed by atoms with Crippen molar-refractivity contribution in [3.63, 3.8) is 0 Å². The van der Waals surface area contributed by atoms with E-state index in [4.69, 9.17) is 15.2 Å². The average Bonchev–Trinajstić information content (AvgIpc) is 3.10. The molecule has 2 heterocycles. The summed E-state index contributed by atoms with van der Waals surface area (Å²) in [6.07, 6.45) is 5.05. The largest absolute Gasteiger partial charge is 0.497 e. The van der Waals surface area contributed by atoms with E-state index in [-0.39, 0.29) is 12.1 Å². The van der Waals surface area contributed by atoms with E-state index in [0.29, 0.717) is 12.0 Å². The number of nitrogens with two attached hydrogens (primary N) is 1. The van der Waals surface area contributed by atoms with Crippen LogP contribution in [-0.2, 0) is 17.6 Å². The van der Waals surface area contributed by atoms with E-state index >= 15 is 0 Å². The molecular formula is C20H27N5O2. The average molecular weight is 369 g/mol. The smallest absolute Gasteiger partial charge is 0.221 e. The summed E-state index contributed by atoms with van der Waals surface area (Å²) in [6.45, 7) is 1.64. The van der Waals surface area contributed by atoms with Crippen LogP contribution >= 0.6 is 0 Å². The van der Waals surface area contributed by atoms with E-state index in [0.717, 1.165) is 43.9 Å². The number of nitrogen functional groups attached to an aromatic ring is 1. The van der Waals surface area contributed by atoms with Crippen molar-refractivity contribution in [3.8, 4) is 5.75 Å². The molecule has 3 atom stereocenters. The third-order valence-electron chi connectivity index (χ3n) is 5.64. The number of rotatable bonds is 5. The van der Waals surface area contributed by atoms with Gasteiger partial charge < -0.3 is 25.4 Å². The van der Waals surface area contributed by atoms with Crippen LogP contribution in [0.15, 0.2) is 30.5 Å². The van der Waals surface area contributed by atoms with Crippen LogP contribution in [0.3, 0.4) is 0 Å². The quantitative estimate of drug-likeness (QED) is 0.824. The first-order chi connectivity index (χ1) is 13.2. The van der Waals surface area contributed by atoms with Gasteiger partial charge in [-0.1, -0.05) is 6.07 Å². The summed E-state index contributed by atoms with van der Waals surface area (Å²) in [4.78, 5) is 10.5. The molecule has 1 aromatic heterocycles. The molecule has 144 valence electrons. The summed E-state index contributed by atoms with van der Waals surface area (Å²) in [6, 6.07) is 9.00. The van der Waals surface area contributed by atoms with Gasteiger partial charge in [-0.15, -0.1) is 0 Å². The molecule has 1 saturated heterocycles. The first kappa shape index (κ1) is 18.0. The van der Waals surface area contributed by atoms with Crippen LogP contribution in [-0.4, -0.2) is 55.5 Å². The minimum absolute atomic E-state index is 0.118. The number of ether oxygens (including phenoxy) is 2. The molecule has 3 N–H and O–H groups in total. The van der Waals surface area contributed by atoms with Crippen LogP contribution in [0.4, 0.5) is 11.8 Å². The van der Waals surface area contributed by atoms with Gasteiger partial charge in [0.05, 0.1) is 19.3 Å². The Balaban J connectivity index is 1.44. The van der Waals surface area contributed by atoms with E-state index in [1.165, 1.54) is 11.1 Å². The van der Waals surface area contributed by atoms with E-state index in [1.54, 1.807) is 20.4 Å². The third-order valence-corrected chi connectivity index (χ3v) is 5.64. The first-order valence-electron chi connectivity index (χ1n) is 9.44. The molecule has 0 amide bonds. The third kappa shape index (κ3) is 3.84. The number of fused-ring (bicyclic) bond motifs is 1. The summed E-state index contributed by atoms with van der Waals surface area (Å²) in [5, 5.41) is 3.83. The molecule has 27 heavy (non-hydrogen) atoms. The Bertz CT molecular complexity index is 800. The second-order valence-corrected chi connectivity index (χ2v) is 7.30. The monoisotopic (exact) mass is 369 g/mol. The fourth-order valence-electron chi connectivity index (χ4n) is 4.21. The van der Waals surface area contributed by atoms with Crippen LogP contribution in [0.1, 0.15) is 17.5 Å². The zero-order valence-corrected chi connectivity index (χ0v) is 15.9. The molecule has 0 spiro atoms. The van der Waals surface area contributed by atoms with Gasteiger partial charge in [0.25, 0.3) is 0 Å². The highest BCUT2D eigenvalue weighted by Crippen LogP contribution is 2.27. The Labute approximate surface area is 159 Å². The van der Waals surface area contributed by atoms with Gasteiger partial charge in [0.15, 0.2) is 0 Å². The predicted molar refractivity (Wildman–Crippen MR) is 105 cm³/mol. The molecular weight excluding hydrogens is 342 g/mol. The molecule has 1 aromatic carbocycles. The van der Waals surface area contributed by atoms with Crippen molar-refractivity contribution in [2.75, 3.05) is 37.9 Å². The van der Waals surface area contributed by atoms with Crippen LogP contribution in [0.5, 0.6) is 5.75 Å². The number of hydrogen-bond acceptors (Lipinski definition) is 7. The summed E-state index contributed by atoms with van der Waals surface area (Å²) in [5.74, 6) is 2.08. The highest BCUT2D eigenvalue weighted by molar-refractivity contribution is 5.43. The molecule has 7 nitrogen and oxygen atoms in total. The van der Waals surface area contributed by atoms with Gasteiger partial charge in [-0.2, -0.15) is 4.98 Å². The second kappa shape index (κ2) is 7.70. The van der Waals surface area contributed by atoms with Crippen LogP contribution < -0.4 is 20.7 Å². The number of nitrogens with one attached hydrogen (secondary N) is 1.